The van der Waals surface area contributed by atoms with Crippen molar-refractivity contribution < 1.29 is 4.90 Å². The zero-order valence-corrected chi connectivity index (χ0v) is 12.4. The lowest BCUT2D eigenvalue weighted by molar-refractivity contribution is -0.897. The molecule has 2 aromatic heterocycles. The molecule has 2 heterocycles. The third-order valence-corrected chi connectivity index (χ3v) is 4.09. The van der Waals surface area contributed by atoms with Crippen LogP contribution < -0.4 is 4.90 Å². The highest BCUT2D eigenvalue weighted by Crippen LogP contribution is 2.16. The van der Waals surface area contributed by atoms with Crippen LogP contribution in [-0.4, -0.2) is 38.8 Å². The van der Waals surface area contributed by atoms with Crippen LogP contribution in [0, 0.1) is 6.92 Å². The average Bonchev–Trinajstić information content (AvgIpc) is 2.96. The summed E-state index contributed by atoms with van der Waals surface area (Å²) in [6.45, 7) is 10.9. The predicted molar refractivity (Wildman–Crippen MR) is 80.1 cm³/mol. The van der Waals surface area contributed by atoms with E-state index in [0.29, 0.717) is 0 Å². The Balaban J connectivity index is 1.99. The van der Waals surface area contributed by atoms with E-state index in [1.54, 1.807) is 4.90 Å². The molecule has 0 fully saturated rings. The zero-order chi connectivity index (χ0) is 14.1. The van der Waals surface area contributed by atoms with Crippen molar-refractivity contribution in [1.29, 1.82) is 0 Å². The predicted octanol–water partition coefficient (Wildman–Crippen LogP) is 0.917. The lowest BCUT2D eigenvalue weighted by Gasteiger charge is -2.15. The molecule has 0 aliphatic rings. The van der Waals surface area contributed by atoms with Crippen molar-refractivity contribution in [3.63, 3.8) is 0 Å². The molecule has 0 aliphatic heterocycles. The molecule has 0 saturated heterocycles. The number of benzene rings is 1. The van der Waals surface area contributed by atoms with Crippen molar-refractivity contribution in [1.82, 2.24) is 19.2 Å². The first-order chi connectivity index (χ1) is 9.74. The van der Waals surface area contributed by atoms with Crippen molar-refractivity contribution in [2.24, 2.45) is 0 Å². The van der Waals surface area contributed by atoms with Crippen LogP contribution in [0.15, 0.2) is 24.3 Å². The first kappa shape index (κ1) is 13.1. The maximum atomic E-state index is 4.72. The number of aryl methyl sites for hydroxylation is 1. The Hall–Kier alpha value is -1.88. The van der Waals surface area contributed by atoms with E-state index in [1.165, 1.54) is 0 Å². The molecule has 0 radical (unpaired) electrons. The van der Waals surface area contributed by atoms with Crippen LogP contribution in [0.5, 0.6) is 0 Å². The minimum Gasteiger partial charge on any atom is -0.334 e. The summed E-state index contributed by atoms with van der Waals surface area (Å²) in [6.07, 6.45) is 0. The summed E-state index contributed by atoms with van der Waals surface area (Å²) in [5.74, 6) is 1.99. The molecule has 20 heavy (non-hydrogen) atoms. The Labute approximate surface area is 118 Å². The van der Waals surface area contributed by atoms with Gasteiger partial charge in [0.25, 0.3) is 0 Å². The number of imidazole rings is 1. The number of fused-ring (bicyclic) bond motifs is 3. The van der Waals surface area contributed by atoms with Crippen LogP contribution in [-0.2, 0) is 6.54 Å². The Morgan fingerprint density at radius 1 is 1.15 bits per heavy atom. The van der Waals surface area contributed by atoms with E-state index < -0.39 is 0 Å². The zero-order valence-electron chi connectivity index (χ0n) is 12.4. The normalized spacial score (nSPS) is 12.0. The van der Waals surface area contributed by atoms with Crippen molar-refractivity contribution >= 4 is 16.8 Å². The maximum Gasteiger partial charge on any atom is 0.233 e. The molecule has 3 aromatic rings. The number of nitrogens with zero attached hydrogens (tertiary/aromatic N) is 4. The molecule has 3 rings (SSSR count). The first-order valence-electron chi connectivity index (χ1n) is 7.38. The highest BCUT2D eigenvalue weighted by Gasteiger charge is 2.14. The van der Waals surface area contributed by atoms with Gasteiger partial charge >= 0.3 is 0 Å². The number of likely N-dealkylation sites (N-methyl/N-ethyl adjacent to an activating group) is 1. The van der Waals surface area contributed by atoms with Gasteiger partial charge < -0.3 is 4.90 Å². The molecule has 0 unspecified atom stereocenters. The second-order valence-electron chi connectivity index (χ2n) is 5.22. The number of rotatable bonds is 5. The molecule has 0 amide bonds. The van der Waals surface area contributed by atoms with Gasteiger partial charge in [-0.05, 0) is 32.9 Å². The van der Waals surface area contributed by atoms with Gasteiger partial charge in [0.05, 0.1) is 37.2 Å². The van der Waals surface area contributed by atoms with Crippen LogP contribution in [0.1, 0.15) is 19.7 Å². The highest BCUT2D eigenvalue weighted by atomic mass is 15.4. The van der Waals surface area contributed by atoms with Gasteiger partial charge in [-0.1, -0.05) is 12.1 Å². The second kappa shape index (κ2) is 5.25. The lowest BCUT2D eigenvalue weighted by atomic mass is 10.3. The minimum absolute atomic E-state index is 0.954. The van der Waals surface area contributed by atoms with Gasteiger partial charge in [0.15, 0.2) is 0 Å². The molecule has 1 aromatic carbocycles. The molecule has 5 nitrogen and oxygen atoms in total. The van der Waals surface area contributed by atoms with E-state index >= 15 is 0 Å². The second-order valence-corrected chi connectivity index (χ2v) is 5.22. The van der Waals surface area contributed by atoms with E-state index in [0.717, 1.165) is 48.8 Å². The molecule has 1 N–H and O–H groups in total. The van der Waals surface area contributed by atoms with E-state index in [4.69, 9.17) is 4.98 Å². The van der Waals surface area contributed by atoms with Crippen molar-refractivity contribution in [3.8, 4) is 0 Å². The van der Waals surface area contributed by atoms with Gasteiger partial charge in [-0.2, -0.15) is 9.61 Å². The van der Waals surface area contributed by atoms with E-state index in [-0.39, 0.29) is 0 Å². The van der Waals surface area contributed by atoms with Gasteiger partial charge in [-0.3, -0.25) is 4.57 Å². The lowest BCUT2D eigenvalue weighted by Crippen LogP contribution is -3.11. The highest BCUT2D eigenvalue weighted by molar-refractivity contribution is 5.78. The fraction of sp³-hybridized carbons (Fsp3) is 0.467. The maximum absolute atomic E-state index is 4.72. The molecule has 0 saturated carbocycles. The van der Waals surface area contributed by atoms with Gasteiger partial charge in [-0.15, -0.1) is 0 Å². The number of nitrogens with one attached hydrogen (secondary N) is 1. The van der Waals surface area contributed by atoms with Crippen LogP contribution in [0.2, 0.25) is 0 Å². The van der Waals surface area contributed by atoms with Crippen molar-refractivity contribution in [2.45, 2.75) is 27.3 Å². The van der Waals surface area contributed by atoms with Gasteiger partial charge in [-0.25, -0.2) is 4.98 Å². The van der Waals surface area contributed by atoms with Crippen LogP contribution in [0.25, 0.3) is 16.8 Å². The standard InChI is InChI=1S/C15H21N5/c1-4-18(5-2)10-11-19-12(3)17-20-14-9-7-6-8-13(14)16-15(19)20/h6-9H,4-5,10-11H2,1-3H3/p+1. The van der Waals surface area contributed by atoms with Crippen LogP contribution in [0.4, 0.5) is 0 Å². The monoisotopic (exact) mass is 272 g/mol. The number of aromatic nitrogens is 4. The molecule has 0 aliphatic carbocycles. The Morgan fingerprint density at radius 2 is 1.90 bits per heavy atom. The third-order valence-electron chi connectivity index (χ3n) is 4.09. The number of quaternary nitrogens is 1. The van der Waals surface area contributed by atoms with Crippen LogP contribution >= 0.6 is 0 Å². The largest absolute Gasteiger partial charge is 0.334 e. The number of para-hydroxylation sites is 2. The van der Waals surface area contributed by atoms with Gasteiger partial charge in [0.1, 0.15) is 5.82 Å². The summed E-state index contributed by atoms with van der Waals surface area (Å²) in [5.41, 5.74) is 2.10. The third kappa shape index (κ3) is 2.08. The van der Waals surface area contributed by atoms with Crippen molar-refractivity contribution in [2.75, 3.05) is 19.6 Å². The quantitative estimate of drug-likeness (QED) is 0.750. The molecular formula is C15H22N5+. The first-order valence-corrected chi connectivity index (χ1v) is 7.38. The SMILES string of the molecule is CC[NH+](CC)CCn1c(C)nn2c3ccccc3nc12. The summed E-state index contributed by atoms with van der Waals surface area (Å²) < 4.78 is 4.19. The molecule has 5 heteroatoms. The minimum atomic E-state index is 0.954. The van der Waals surface area contributed by atoms with Crippen molar-refractivity contribution in [3.05, 3.63) is 30.1 Å². The number of hydrogen-bond acceptors (Lipinski definition) is 2. The average molecular weight is 272 g/mol. The summed E-state index contributed by atoms with van der Waals surface area (Å²) in [6, 6.07) is 8.16. The summed E-state index contributed by atoms with van der Waals surface area (Å²) in [4.78, 5) is 6.32. The van der Waals surface area contributed by atoms with Crippen LogP contribution in [0.3, 0.4) is 0 Å². The topological polar surface area (TPSA) is 39.6 Å². The Bertz CT molecular complexity index is 720. The summed E-state index contributed by atoms with van der Waals surface area (Å²) in [5, 5.41) is 4.64. The van der Waals surface area contributed by atoms with E-state index in [2.05, 4.69) is 36.5 Å². The molecule has 0 spiro atoms. The summed E-state index contributed by atoms with van der Waals surface area (Å²) >= 11 is 0. The Kier molecular flexibility index (Phi) is 3.44. The fourth-order valence-corrected chi connectivity index (χ4v) is 2.75. The van der Waals surface area contributed by atoms with Gasteiger partial charge in [0.2, 0.25) is 5.78 Å². The summed E-state index contributed by atoms with van der Waals surface area (Å²) in [7, 11) is 0. The fourth-order valence-electron chi connectivity index (χ4n) is 2.75. The van der Waals surface area contributed by atoms with E-state index in [9.17, 15) is 0 Å². The molecule has 106 valence electrons. The number of hydrogen-bond donors (Lipinski definition) is 1. The van der Waals surface area contributed by atoms with E-state index in [1.807, 2.05) is 22.7 Å². The molecule has 0 bridgehead atoms. The van der Waals surface area contributed by atoms with Gasteiger partial charge in [0, 0.05) is 0 Å². The molecule has 0 atom stereocenters. The smallest absolute Gasteiger partial charge is 0.233 e. The Morgan fingerprint density at radius 3 is 2.65 bits per heavy atom. The molecular weight excluding hydrogens is 250 g/mol.